The van der Waals surface area contributed by atoms with Gasteiger partial charge in [-0.25, -0.2) is 9.97 Å². The average molecular weight is 364 g/mol. The highest BCUT2D eigenvalue weighted by Crippen LogP contribution is 2.18. The summed E-state index contributed by atoms with van der Waals surface area (Å²) in [5.41, 5.74) is 2.09. The van der Waals surface area contributed by atoms with Gasteiger partial charge in [-0.05, 0) is 42.0 Å². The fraction of sp³-hybridized carbons (Fsp3) is 0.150. The van der Waals surface area contributed by atoms with Crippen LogP contribution in [-0.2, 0) is 6.54 Å². The third kappa shape index (κ3) is 4.94. The minimum absolute atomic E-state index is 0.272. The van der Waals surface area contributed by atoms with Crippen molar-refractivity contribution in [2.24, 2.45) is 0 Å². The topological polar surface area (TPSA) is 85.4 Å². The highest BCUT2D eigenvalue weighted by Gasteiger charge is 2.09. The van der Waals surface area contributed by atoms with Crippen molar-refractivity contribution in [2.75, 3.05) is 19.5 Å². The van der Waals surface area contributed by atoms with Gasteiger partial charge in [0, 0.05) is 18.3 Å². The summed E-state index contributed by atoms with van der Waals surface area (Å²) >= 11 is 0. The Labute approximate surface area is 157 Å². The molecule has 3 aromatic rings. The SMILES string of the molecule is COc1ccc(CNC(=O)c2cc(Nc3ccc(OC)cc3)ncn2)cc1. The number of rotatable bonds is 7. The molecular weight excluding hydrogens is 344 g/mol. The maximum atomic E-state index is 12.4. The Kier molecular flexibility index (Phi) is 5.84. The van der Waals surface area contributed by atoms with Gasteiger partial charge in [-0.1, -0.05) is 12.1 Å². The van der Waals surface area contributed by atoms with Crippen molar-refractivity contribution < 1.29 is 14.3 Å². The van der Waals surface area contributed by atoms with Crippen LogP contribution in [0.1, 0.15) is 16.1 Å². The minimum atomic E-state index is -0.272. The van der Waals surface area contributed by atoms with Crippen molar-refractivity contribution in [3.05, 3.63) is 72.2 Å². The summed E-state index contributed by atoms with van der Waals surface area (Å²) < 4.78 is 10.3. The van der Waals surface area contributed by atoms with Gasteiger partial charge in [-0.2, -0.15) is 0 Å². The lowest BCUT2D eigenvalue weighted by atomic mass is 10.2. The number of ether oxygens (including phenoxy) is 2. The third-order valence-electron chi connectivity index (χ3n) is 3.87. The first-order valence-corrected chi connectivity index (χ1v) is 8.32. The molecule has 3 rings (SSSR count). The Bertz CT molecular complexity index is 896. The van der Waals surface area contributed by atoms with Gasteiger partial charge in [-0.3, -0.25) is 4.79 Å². The van der Waals surface area contributed by atoms with Crippen molar-refractivity contribution in [3.63, 3.8) is 0 Å². The summed E-state index contributed by atoms with van der Waals surface area (Å²) in [7, 11) is 3.23. The highest BCUT2D eigenvalue weighted by atomic mass is 16.5. The molecule has 7 heteroatoms. The van der Waals surface area contributed by atoms with E-state index >= 15 is 0 Å². The van der Waals surface area contributed by atoms with Gasteiger partial charge in [0.2, 0.25) is 0 Å². The number of nitrogens with zero attached hydrogens (tertiary/aromatic N) is 2. The van der Waals surface area contributed by atoms with E-state index in [9.17, 15) is 4.79 Å². The summed E-state index contributed by atoms with van der Waals surface area (Å²) in [6, 6.07) is 16.5. The molecule has 0 unspecified atom stereocenters. The quantitative estimate of drug-likeness (QED) is 0.670. The van der Waals surface area contributed by atoms with Gasteiger partial charge in [-0.15, -0.1) is 0 Å². The lowest BCUT2D eigenvalue weighted by Crippen LogP contribution is -2.24. The van der Waals surface area contributed by atoms with Crippen molar-refractivity contribution >= 4 is 17.4 Å². The summed E-state index contributed by atoms with van der Waals surface area (Å²) in [5.74, 6) is 1.80. The summed E-state index contributed by atoms with van der Waals surface area (Å²) in [4.78, 5) is 20.6. The van der Waals surface area contributed by atoms with Crippen LogP contribution in [0.3, 0.4) is 0 Å². The first kappa shape index (κ1) is 18.2. The maximum Gasteiger partial charge on any atom is 0.270 e. The molecule has 1 amide bonds. The molecule has 7 nitrogen and oxygen atoms in total. The van der Waals surface area contributed by atoms with Gasteiger partial charge >= 0.3 is 0 Å². The fourth-order valence-corrected chi connectivity index (χ4v) is 2.39. The minimum Gasteiger partial charge on any atom is -0.497 e. The van der Waals surface area contributed by atoms with E-state index in [0.29, 0.717) is 12.4 Å². The highest BCUT2D eigenvalue weighted by molar-refractivity contribution is 5.92. The van der Waals surface area contributed by atoms with E-state index in [0.717, 1.165) is 22.7 Å². The molecule has 0 aliphatic heterocycles. The van der Waals surface area contributed by atoms with Crippen LogP contribution in [0, 0.1) is 0 Å². The van der Waals surface area contributed by atoms with Crippen molar-refractivity contribution in [2.45, 2.75) is 6.54 Å². The van der Waals surface area contributed by atoms with E-state index in [1.165, 1.54) is 6.33 Å². The van der Waals surface area contributed by atoms with E-state index in [2.05, 4.69) is 20.6 Å². The number of benzene rings is 2. The number of methoxy groups -OCH3 is 2. The summed E-state index contributed by atoms with van der Waals surface area (Å²) in [5, 5.41) is 5.98. The molecule has 1 aromatic heterocycles. The molecule has 0 spiro atoms. The van der Waals surface area contributed by atoms with Crippen LogP contribution in [-0.4, -0.2) is 30.1 Å². The van der Waals surface area contributed by atoms with Crippen LogP contribution >= 0.6 is 0 Å². The molecule has 0 aliphatic carbocycles. The van der Waals surface area contributed by atoms with E-state index in [1.54, 1.807) is 20.3 Å². The van der Waals surface area contributed by atoms with E-state index in [1.807, 2.05) is 48.5 Å². The molecule has 2 aromatic carbocycles. The third-order valence-corrected chi connectivity index (χ3v) is 3.87. The molecule has 138 valence electrons. The summed E-state index contributed by atoms with van der Waals surface area (Å²) in [6.07, 6.45) is 1.36. The predicted molar refractivity (Wildman–Crippen MR) is 102 cm³/mol. The maximum absolute atomic E-state index is 12.4. The lowest BCUT2D eigenvalue weighted by molar-refractivity contribution is 0.0946. The molecule has 1 heterocycles. The zero-order chi connectivity index (χ0) is 19.1. The zero-order valence-corrected chi connectivity index (χ0v) is 15.1. The van der Waals surface area contributed by atoms with Crippen molar-refractivity contribution in [1.82, 2.24) is 15.3 Å². The van der Waals surface area contributed by atoms with Crippen LogP contribution in [0.25, 0.3) is 0 Å². The Hall–Kier alpha value is -3.61. The van der Waals surface area contributed by atoms with E-state index in [-0.39, 0.29) is 11.6 Å². The van der Waals surface area contributed by atoms with Gasteiger partial charge in [0.15, 0.2) is 0 Å². The Morgan fingerprint density at radius 2 is 1.56 bits per heavy atom. The molecule has 0 aliphatic rings. The van der Waals surface area contributed by atoms with Crippen LogP contribution in [0.2, 0.25) is 0 Å². The standard InChI is InChI=1S/C20H20N4O3/c1-26-16-7-3-14(4-8-16)12-21-20(25)18-11-19(23-13-22-18)24-15-5-9-17(27-2)10-6-15/h3-11,13H,12H2,1-2H3,(H,21,25)(H,22,23,24). The molecule has 0 bridgehead atoms. The number of carbonyl (C=O) groups is 1. The summed E-state index contributed by atoms with van der Waals surface area (Å²) in [6.45, 7) is 0.397. The number of anilines is 2. The van der Waals surface area contributed by atoms with Crippen LogP contribution in [0.15, 0.2) is 60.9 Å². The number of nitrogens with one attached hydrogen (secondary N) is 2. The van der Waals surface area contributed by atoms with Gasteiger partial charge in [0.1, 0.15) is 29.3 Å². The molecule has 27 heavy (non-hydrogen) atoms. The van der Waals surface area contributed by atoms with Crippen molar-refractivity contribution in [3.8, 4) is 11.5 Å². The van der Waals surface area contributed by atoms with E-state index in [4.69, 9.17) is 9.47 Å². The largest absolute Gasteiger partial charge is 0.497 e. The number of hydrogen-bond donors (Lipinski definition) is 2. The zero-order valence-electron chi connectivity index (χ0n) is 15.1. The van der Waals surface area contributed by atoms with Gasteiger partial charge < -0.3 is 20.1 Å². The monoisotopic (exact) mass is 364 g/mol. The first-order valence-electron chi connectivity index (χ1n) is 8.32. The molecule has 0 saturated heterocycles. The lowest BCUT2D eigenvalue weighted by Gasteiger charge is -2.09. The molecule has 2 N–H and O–H groups in total. The number of hydrogen-bond acceptors (Lipinski definition) is 6. The Balaban J connectivity index is 1.62. The normalized spacial score (nSPS) is 10.1. The fourth-order valence-electron chi connectivity index (χ4n) is 2.39. The predicted octanol–water partition coefficient (Wildman–Crippen LogP) is 3.17. The first-order chi connectivity index (χ1) is 13.2. The van der Waals surface area contributed by atoms with E-state index < -0.39 is 0 Å². The Morgan fingerprint density at radius 1 is 0.926 bits per heavy atom. The second-order valence-corrected chi connectivity index (χ2v) is 5.67. The molecule has 0 fully saturated rings. The molecule has 0 atom stereocenters. The number of aromatic nitrogens is 2. The van der Waals surface area contributed by atoms with Crippen LogP contribution < -0.4 is 20.1 Å². The van der Waals surface area contributed by atoms with Crippen LogP contribution in [0.5, 0.6) is 11.5 Å². The molecule has 0 radical (unpaired) electrons. The molecule has 0 saturated carbocycles. The second kappa shape index (κ2) is 8.66. The number of amides is 1. The van der Waals surface area contributed by atoms with Crippen LogP contribution in [0.4, 0.5) is 11.5 Å². The smallest absolute Gasteiger partial charge is 0.270 e. The second-order valence-electron chi connectivity index (χ2n) is 5.67. The van der Waals surface area contributed by atoms with Crippen molar-refractivity contribution in [1.29, 1.82) is 0 Å². The Morgan fingerprint density at radius 3 is 2.19 bits per heavy atom. The van der Waals surface area contributed by atoms with Gasteiger partial charge in [0.25, 0.3) is 5.91 Å². The number of carbonyl (C=O) groups excluding carboxylic acids is 1. The average Bonchev–Trinajstić information content (AvgIpc) is 2.73. The molecular formula is C20H20N4O3. The van der Waals surface area contributed by atoms with Gasteiger partial charge in [0.05, 0.1) is 14.2 Å².